The van der Waals surface area contributed by atoms with Gasteiger partial charge in [0.15, 0.2) is 0 Å². The molecule has 0 N–H and O–H groups in total. The molecule has 1 aromatic heterocycles. The second-order valence-corrected chi connectivity index (χ2v) is 7.43. The number of hydrogen-bond donors (Lipinski definition) is 0. The quantitative estimate of drug-likeness (QED) is 0.816. The summed E-state index contributed by atoms with van der Waals surface area (Å²) in [5, 5.41) is 0. The van der Waals surface area contributed by atoms with Crippen molar-refractivity contribution in [3.05, 3.63) is 29.6 Å². The van der Waals surface area contributed by atoms with Crippen molar-refractivity contribution in [2.75, 3.05) is 17.4 Å². The van der Waals surface area contributed by atoms with Crippen molar-refractivity contribution in [2.45, 2.75) is 32.2 Å². The zero-order valence-electron chi connectivity index (χ0n) is 11.6. The predicted octanol–water partition coefficient (Wildman–Crippen LogP) is 3.21. The maximum atomic E-state index is 11.6. The summed E-state index contributed by atoms with van der Waals surface area (Å²) in [6.07, 6.45) is 2.73. The first-order chi connectivity index (χ1) is 9.70. The molecule has 1 aromatic carbocycles. The maximum absolute atomic E-state index is 11.6. The highest BCUT2D eigenvalue weighted by Crippen LogP contribution is 2.30. The summed E-state index contributed by atoms with van der Waals surface area (Å²) in [5.41, 5.74) is 3.53. The smallest absolute Gasteiger partial charge is 0.111 e. The monoisotopic (exact) mass is 310 g/mol. The summed E-state index contributed by atoms with van der Waals surface area (Å²) in [5.74, 6) is 3.26. The first-order valence-electron chi connectivity index (χ1n) is 7.08. The third kappa shape index (κ3) is 2.51. The van der Waals surface area contributed by atoms with Gasteiger partial charge in [-0.25, -0.2) is 4.98 Å². The van der Waals surface area contributed by atoms with E-state index in [1.54, 1.807) is 0 Å². The highest BCUT2D eigenvalue weighted by molar-refractivity contribution is 7.85. The molecule has 0 saturated carbocycles. The average Bonchev–Trinajstić information content (AvgIpc) is 2.80. The Morgan fingerprint density at radius 1 is 1.40 bits per heavy atom. The lowest BCUT2D eigenvalue weighted by Crippen LogP contribution is -2.23. The van der Waals surface area contributed by atoms with Crippen LogP contribution in [0.5, 0.6) is 0 Å². The molecule has 1 fully saturated rings. The van der Waals surface area contributed by atoms with E-state index in [1.807, 2.05) is 0 Å². The molecule has 108 valence electrons. The van der Waals surface area contributed by atoms with Crippen molar-refractivity contribution in [3.63, 3.8) is 0 Å². The van der Waals surface area contributed by atoms with Crippen molar-refractivity contribution < 1.29 is 4.21 Å². The van der Waals surface area contributed by atoms with Crippen LogP contribution < -0.4 is 0 Å². The first kappa shape index (κ1) is 14.1. The van der Waals surface area contributed by atoms with Crippen LogP contribution in [0.25, 0.3) is 11.0 Å². The minimum atomic E-state index is -0.632. The van der Waals surface area contributed by atoms with Crippen LogP contribution in [0.1, 0.15) is 30.3 Å². The molecule has 0 bridgehead atoms. The van der Waals surface area contributed by atoms with Gasteiger partial charge in [0, 0.05) is 40.6 Å². The molecule has 5 heteroatoms. The van der Waals surface area contributed by atoms with Crippen LogP contribution in [-0.4, -0.2) is 31.1 Å². The number of rotatable bonds is 3. The van der Waals surface area contributed by atoms with E-state index in [-0.39, 0.29) is 0 Å². The Morgan fingerprint density at radius 2 is 2.15 bits per heavy atom. The minimum Gasteiger partial charge on any atom is -0.325 e. The Morgan fingerprint density at radius 3 is 2.85 bits per heavy atom. The van der Waals surface area contributed by atoms with Crippen LogP contribution >= 0.6 is 11.6 Å². The van der Waals surface area contributed by atoms with E-state index in [4.69, 9.17) is 16.6 Å². The van der Waals surface area contributed by atoms with Gasteiger partial charge in [-0.1, -0.05) is 12.1 Å². The number of benzene rings is 1. The Hall–Kier alpha value is -0.870. The van der Waals surface area contributed by atoms with E-state index >= 15 is 0 Å². The molecule has 0 unspecified atom stereocenters. The number of hydrogen-bond acceptors (Lipinski definition) is 2. The highest BCUT2D eigenvalue weighted by atomic mass is 35.5. The molecule has 3 nitrogen and oxygen atoms in total. The molecular formula is C15H19ClN2OS. The molecule has 20 heavy (non-hydrogen) atoms. The van der Waals surface area contributed by atoms with Crippen molar-refractivity contribution >= 4 is 33.4 Å². The highest BCUT2D eigenvalue weighted by Gasteiger charge is 2.24. The Balaban J connectivity index is 2.10. The number of imidazole rings is 1. The molecule has 0 aliphatic carbocycles. The SMILES string of the molecule is Cc1cccc2nc(CCCl)n(C3CCS(=O)CC3)c12. The standard InChI is InChI=1S/C15H19ClN2OS/c1-11-3-2-4-13-15(11)18(14(17-13)5-8-16)12-6-9-20(19)10-7-12/h2-4,12H,5-10H2,1H3. The zero-order valence-corrected chi connectivity index (χ0v) is 13.2. The van der Waals surface area contributed by atoms with Crippen molar-refractivity contribution in [1.29, 1.82) is 0 Å². The molecule has 1 saturated heterocycles. The lowest BCUT2D eigenvalue weighted by molar-refractivity contribution is 0.459. The topological polar surface area (TPSA) is 34.9 Å². The van der Waals surface area contributed by atoms with E-state index in [9.17, 15) is 4.21 Å². The Kier molecular flexibility index (Phi) is 4.13. The normalized spacial score (nSPS) is 23.3. The summed E-state index contributed by atoms with van der Waals surface area (Å²) in [4.78, 5) is 4.76. The summed E-state index contributed by atoms with van der Waals surface area (Å²) in [6, 6.07) is 6.66. The van der Waals surface area contributed by atoms with Gasteiger partial charge >= 0.3 is 0 Å². The average molecular weight is 311 g/mol. The predicted molar refractivity (Wildman–Crippen MR) is 85.0 cm³/mol. The van der Waals surface area contributed by atoms with Gasteiger partial charge in [0.05, 0.1) is 11.0 Å². The number of para-hydroxylation sites is 1. The molecule has 1 aliphatic rings. The van der Waals surface area contributed by atoms with Crippen LogP contribution in [0.15, 0.2) is 18.2 Å². The van der Waals surface area contributed by atoms with E-state index in [0.717, 1.165) is 42.1 Å². The molecule has 0 spiro atoms. The van der Waals surface area contributed by atoms with Gasteiger partial charge in [0.2, 0.25) is 0 Å². The fourth-order valence-electron chi connectivity index (χ4n) is 3.06. The Bertz CT molecular complexity index is 643. The molecule has 3 rings (SSSR count). The first-order valence-corrected chi connectivity index (χ1v) is 9.10. The minimum absolute atomic E-state index is 0.414. The molecule has 2 aromatic rings. The van der Waals surface area contributed by atoms with Gasteiger partial charge in [-0.05, 0) is 31.4 Å². The van der Waals surface area contributed by atoms with Gasteiger partial charge in [0.1, 0.15) is 5.82 Å². The third-order valence-electron chi connectivity index (χ3n) is 4.03. The molecular weight excluding hydrogens is 292 g/mol. The second kappa shape index (κ2) is 5.86. The van der Waals surface area contributed by atoms with Crippen LogP contribution in [0.3, 0.4) is 0 Å². The Labute approximate surface area is 126 Å². The summed E-state index contributed by atoms with van der Waals surface area (Å²) >= 11 is 5.94. The molecule has 0 radical (unpaired) electrons. The number of aryl methyl sites for hydroxylation is 2. The van der Waals surface area contributed by atoms with E-state index in [1.165, 1.54) is 11.1 Å². The summed E-state index contributed by atoms with van der Waals surface area (Å²) in [6.45, 7) is 2.13. The fraction of sp³-hybridized carbons (Fsp3) is 0.533. The molecule has 0 amide bonds. The molecule has 2 heterocycles. The van der Waals surface area contributed by atoms with Gasteiger partial charge in [-0.15, -0.1) is 11.6 Å². The van der Waals surface area contributed by atoms with Crippen LogP contribution in [-0.2, 0) is 17.2 Å². The van der Waals surface area contributed by atoms with Crippen molar-refractivity contribution in [1.82, 2.24) is 9.55 Å². The van der Waals surface area contributed by atoms with E-state index < -0.39 is 10.8 Å². The molecule has 0 atom stereocenters. The van der Waals surface area contributed by atoms with Gasteiger partial charge in [0.25, 0.3) is 0 Å². The number of fused-ring (bicyclic) bond motifs is 1. The zero-order chi connectivity index (χ0) is 14.1. The van der Waals surface area contributed by atoms with E-state index in [2.05, 4.69) is 29.7 Å². The van der Waals surface area contributed by atoms with Crippen LogP contribution in [0.2, 0.25) is 0 Å². The van der Waals surface area contributed by atoms with Crippen LogP contribution in [0.4, 0.5) is 0 Å². The lowest BCUT2D eigenvalue weighted by atomic mass is 10.1. The van der Waals surface area contributed by atoms with Crippen LogP contribution in [0, 0.1) is 6.92 Å². The maximum Gasteiger partial charge on any atom is 0.111 e. The number of aromatic nitrogens is 2. The number of alkyl halides is 1. The van der Waals surface area contributed by atoms with Gasteiger partial charge in [-0.3, -0.25) is 4.21 Å². The number of nitrogens with zero attached hydrogens (tertiary/aromatic N) is 2. The summed E-state index contributed by atoms with van der Waals surface area (Å²) in [7, 11) is -0.632. The van der Waals surface area contributed by atoms with Gasteiger partial charge in [-0.2, -0.15) is 0 Å². The largest absolute Gasteiger partial charge is 0.325 e. The third-order valence-corrected chi connectivity index (χ3v) is 5.60. The van der Waals surface area contributed by atoms with Gasteiger partial charge < -0.3 is 4.57 Å². The van der Waals surface area contributed by atoms with E-state index in [0.29, 0.717) is 11.9 Å². The lowest BCUT2D eigenvalue weighted by Gasteiger charge is -2.25. The number of halogens is 1. The summed E-state index contributed by atoms with van der Waals surface area (Å²) < 4.78 is 13.9. The van der Waals surface area contributed by atoms with Crippen molar-refractivity contribution in [2.24, 2.45) is 0 Å². The van der Waals surface area contributed by atoms with Crippen molar-refractivity contribution in [3.8, 4) is 0 Å². The fourth-order valence-corrected chi connectivity index (χ4v) is 4.51. The second-order valence-electron chi connectivity index (χ2n) is 5.36. The molecule has 1 aliphatic heterocycles.